The molecule has 2 heterocycles. The first-order valence-corrected chi connectivity index (χ1v) is 22.7. The fraction of sp³-hybridized carbons (Fsp3) is 0.0492. The number of benzene rings is 9. The van der Waals surface area contributed by atoms with E-state index in [1.807, 2.05) is 11.3 Å². The maximum Gasteiger partial charge on any atom is 0.143 e. The number of rotatable bonds is 8. The fourth-order valence-electron chi connectivity index (χ4n) is 10.6. The van der Waals surface area contributed by atoms with Crippen molar-refractivity contribution in [3.05, 3.63) is 259 Å². The van der Waals surface area contributed by atoms with Crippen molar-refractivity contribution in [3.8, 4) is 33.4 Å². The summed E-state index contributed by atoms with van der Waals surface area (Å²) >= 11 is 1.89. The lowest BCUT2D eigenvalue weighted by Gasteiger charge is -2.47. The molecule has 9 aromatic carbocycles. The molecule has 0 aliphatic heterocycles. The Labute approximate surface area is 371 Å². The van der Waals surface area contributed by atoms with Crippen LogP contribution in [0.15, 0.2) is 241 Å². The van der Waals surface area contributed by atoms with Gasteiger partial charge in [-0.05, 0) is 74.2 Å². The predicted octanol–water partition coefficient (Wildman–Crippen LogP) is 17.1. The van der Waals surface area contributed by atoms with Gasteiger partial charge in [0.15, 0.2) is 0 Å². The van der Waals surface area contributed by atoms with E-state index in [0.717, 1.165) is 33.9 Å². The van der Waals surface area contributed by atoms with Crippen molar-refractivity contribution in [2.24, 2.45) is 0 Å². The minimum absolute atomic E-state index is 0.156. The monoisotopic (exact) mass is 822 g/mol. The van der Waals surface area contributed by atoms with Crippen molar-refractivity contribution in [2.75, 3.05) is 0 Å². The number of para-hydroxylation sites is 2. The number of allylic oxidation sites excluding steroid dienone is 4. The molecular formula is C61H42OS. The highest BCUT2D eigenvalue weighted by Crippen LogP contribution is 2.59. The SMILES string of the molecule is C1=CCC(c2ccccc2-c2ccccc2)(C(c2cccc(-c3cccc4c3sc3ccccc34)c2)c2ccccc2-c2cccc3c2oc2ccccc23)C(c2ccccc2)=C1. The van der Waals surface area contributed by atoms with Crippen LogP contribution in [-0.2, 0) is 5.41 Å². The molecule has 0 fully saturated rings. The Morgan fingerprint density at radius 3 is 1.94 bits per heavy atom. The summed E-state index contributed by atoms with van der Waals surface area (Å²) in [7, 11) is 0. The zero-order valence-corrected chi connectivity index (χ0v) is 35.4. The van der Waals surface area contributed by atoms with Gasteiger partial charge in [0.05, 0.1) is 0 Å². The van der Waals surface area contributed by atoms with Crippen LogP contribution in [0.4, 0.5) is 0 Å². The van der Waals surface area contributed by atoms with E-state index in [1.165, 1.54) is 75.8 Å². The summed E-state index contributed by atoms with van der Waals surface area (Å²) in [6, 6.07) is 80.4. The summed E-state index contributed by atoms with van der Waals surface area (Å²) in [5.41, 5.74) is 14.8. The summed E-state index contributed by atoms with van der Waals surface area (Å²) in [4.78, 5) is 0. The zero-order valence-electron chi connectivity index (χ0n) is 34.6. The average molecular weight is 823 g/mol. The van der Waals surface area contributed by atoms with E-state index in [4.69, 9.17) is 4.42 Å². The highest BCUT2D eigenvalue weighted by molar-refractivity contribution is 7.26. The summed E-state index contributed by atoms with van der Waals surface area (Å²) in [6.07, 6.45) is 7.84. The van der Waals surface area contributed by atoms with Crippen LogP contribution >= 0.6 is 11.3 Å². The van der Waals surface area contributed by atoms with E-state index in [-0.39, 0.29) is 5.92 Å². The highest BCUT2D eigenvalue weighted by Gasteiger charge is 2.47. The number of thiophene rings is 1. The maximum absolute atomic E-state index is 6.82. The second-order valence-corrected chi connectivity index (χ2v) is 17.7. The molecule has 0 spiro atoms. The number of furan rings is 1. The van der Waals surface area contributed by atoms with Crippen LogP contribution in [-0.4, -0.2) is 0 Å². The molecule has 12 rings (SSSR count). The Morgan fingerprint density at radius 1 is 0.460 bits per heavy atom. The quantitative estimate of drug-likeness (QED) is 0.149. The molecule has 0 saturated heterocycles. The van der Waals surface area contributed by atoms with Gasteiger partial charge < -0.3 is 4.42 Å². The van der Waals surface area contributed by atoms with Gasteiger partial charge in [0.1, 0.15) is 11.2 Å². The topological polar surface area (TPSA) is 13.1 Å². The Bertz CT molecular complexity index is 3550. The molecule has 2 heteroatoms. The summed E-state index contributed by atoms with van der Waals surface area (Å²) in [6.45, 7) is 0. The first-order valence-electron chi connectivity index (χ1n) is 21.8. The van der Waals surface area contributed by atoms with Crippen LogP contribution in [0.3, 0.4) is 0 Å². The Balaban J connectivity index is 1.19. The van der Waals surface area contributed by atoms with E-state index in [0.29, 0.717) is 0 Å². The van der Waals surface area contributed by atoms with Gasteiger partial charge in [0, 0.05) is 47.8 Å². The minimum Gasteiger partial charge on any atom is -0.455 e. The molecule has 0 bridgehead atoms. The van der Waals surface area contributed by atoms with Crippen LogP contribution in [0, 0.1) is 0 Å². The lowest BCUT2D eigenvalue weighted by molar-refractivity contribution is 0.491. The van der Waals surface area contributed by atoms with Gasteiger partial charge in [0.2, 0.25) is 0 Å². The molecule has 63 heavy (non-hydrogen) atoms. The molecule has 1 nitrogen and oxygen atoms in total. The van der Waals surface area contributed by atoms with E-state index in [2.05, 4.69) is 237 Å². The third-order valence-corrected chi connectivity index (χ3v) is 14.5. The van der Waals surface area contributed by atoms with Gasteiger partial charge in [-0.15, -0.1) is 11.3 Å². The highest BCUT2D eigenvalue weighted by atomic mass is 32.1. The van der Waals surface area contributed by atoms with Gasteiger partial charge in [-0.2, -0.15) is 0 Å². The first kappa shape index (κ1) is 37.3. The molecule has 1 aliphatic carbocycles. The molecule has 0 saturated carbocycles. The molecule has 2 unspecified atom stereocenters. The molecule has 2 aromatic heterocycles. The third kappa shape index (κ3) is 6.13. The van der Waals surface area contributed by atoms with Crippen LogP contribution in [0.2, 0.25) is 0 Å². The van der Waals surface area contributed by atoms with Crippen LogP contribution in [0.5, 0.6) is 0 Å². The van der Waals surface area contributed by atoms with E-state index in [1.54, 1.807) is 0 Å². The third-order valence-electron chi connectivity index (χ3n) is 13.3. The molecule has 0 N–H and O–H groups in total. The van der Waals surface area contributed by atoms with Gasteiger partial charge in [-0.25, -0.2) is 0 Å². The van der Waals surface area contributed by atoms with Gasteiger partial charge >= 0.3 is 0 Å². The average Bonchev–Trinajstić information content (AvgIpc) is 3.94. The minimum atomic E-state index is -0.567. The lowest BCUT2D eigenvalue weighted by atomic mass is 9.55. The number of fused-ring (bicyclic) bond motifs is 6. The molecule has 2 atom stereocenters. The van der Waals surface area contributed by atoms with E-state index in [9.17, 15) is 0 Å². The van der Waals surface area contributed by atoms with Crippen molar-refractivity contribution >= 4 is 59.0 Å². The van der Waals surface area contributed by atoms with E-state index < -0.39 is 5.41 Å². The second-order valence-electron chi connectivity index (χ2n) is 16.7. The smallest absolute Gasteiger partial charge is 0.143 e. The van der Waals surface area contributed by atoms with E-state index >= 15 is 0 Å². The zero-order chi connectivity index (χ0) is 41.7. The van der Waals surface area contributed by atoms with Crippen molar-refractivity contribution < 1.29 is 4.42 Å². The van der Waals surface area contributed by atoms with Crippen molar-refractivity contribution in [2.45, 2.75) is 17.8 Å². The summed E-state index contributed by atoms with van der Waals surface area (Å²) < 4.78 is 9.45. The summed E-state index contributed by atoms with van der Waals surface area (Å²) in [5.74, 6) is -0.156. The molecule has 11 aromatic rings. The predicted molar refractivity (Wildman–Crippen MR) is 267 cm³/mol. The number of hydrogen-bond acceptors (Lipinski definition) is 2. The Kier molecular flexibility index (Phi) is 9.13. The molecule has 0 radical (unpaired) electrons. The summed E-state index contributed by atoms with van der Waals surface area (Å²) in [5, 5.41) is 4.87. The molecule has 0 amide bonds. The van der Waals surface area contributed by atoms with Crippen LogP contribution in [0.1, 0.15) is 34.6 Å². The standard InChI is InChI=1S/C61H42OS/c1-3-20-41(21-4-1)45-26-9-12-36-55(45)61(39-16-15-35-54(61)42-22-5-2-6-23-42)58(44-25-17-24-43(40-44)46-31-18-34-53-49-29-11-14-38-57(49)63-60(46)53)50-30-8-7-27-47(50)51-32-19-33-52-48-28-10-13-37-56(48)62-59(51)52/h1-38,40,58H,39H2. The van der Waals surface area contributed by atoms with Gasteiger partial charge in [-0.1, -0.05) is 224 Å². The first-order chi connectivity index (χ1) is 31.3. The van der Waals surface area contributed by atoms with Crippen LogP contribution < -0.4 is 0 Å². The lowest BCUT2D eigenvalue weighted by Crippen LogP contribution is -2.37. The van der Waals surface area contributed by atoms with Crippen molar-refractivity contribution in [1.29, 1.82) is 0 Å². The molecular weight excluding hydrogens is 781 g/mol. The number of hydrogen-bond donors (Lipinski definition) is 0. The second kappa shape index (κ2) is 15.4. The normalized spacial score (nSPS) is 15.6. The van der Waals surface area contributed by atoms with Gasteiger partial charge in [0.25, 0.3) is 0 Å². The largest absolute Gasteiger partial charge is 0.455 e. The van der Waals surface area contributed by atoms with Crippen molar-refractivity contribution in [1.82, 2.24) is 0 Å². The Hall–Kier alpha value is -7.52. The fourth-order valence-corrected chi connectivity index (χ4v) is 11.9. The van der Waals surface area contributed by atoms with Crippen molar-refractivity contribution in [3.63, 3.8) is 0 Å². The maximum atomic E-state index is 6.82. The molecule has 298 valence electrons. The van der Waals surface area contributed by atoms with Gasteiger partial charge in [-0.3, -0.25) is 0 Å². The molecule has 1 aliphatic rings. The van der Waals surface area contributed by atoms with Crippen LogP contribution in [0.25, 0.3) is 81.1 Å². The Morgan fingerprint density at radius 2 is 1.08 bits per heavy atom.